The van der Waals surface area contributed by atoms with Gasteiger partial charge in [-0.05, 0) is 25.2 Å². The Morgan fingerprint density at radius 3 is 1.64 bits per heavy atom. The SMILES string of the molecule is CCCCCCCCCCCCCCCCCCCCC(=O)N[C@@H](CO[C@@H]1O[C@H](CO)[C@@H](O)[C@H](O)[C@H]1O)[C@H](O)/C=C/CCCCCCCCCC(C)C. The van der Waals surface area contributed by atoms with Gasteiger partial charge in [0.25, 0.3) is 0 Å². The first-order valence-electron chi connectivity index (χ1n) is 22.3. The van der Waals surface area contributed by atoms with Gasteiger partial charge in [-0.3, -0.25) is 4.79 Å². The molecule has 0 aliphatic carbocycles. The van der Waals surface area contributed by atoms with Gasteiger partial charge in [0, 0.05) is 6.42 Å². The monoisotopic (exact) mass is 756 g/mol. The lowest BCUT2D eigenvalue weighted by Crippen LogP contribution is -2.60. The molecule has 1 aliphatic rings. The van der Waals surface area contributed by atoms with Crippen LogP contribution in [-0.2, 0) is 14.3 Å². The van der Waals surface area contributed by atoms with Crippen LogP contribution in [0.1, 0.15) is 201 Å². The molecule has 0 aromatic heterocycles. The minimum Gasteiger partial charge on any atom is -0.394 e. The van der Waals surface area contributed by atoms with Crippen LogP contribution in [0.2, 0.25) is 0 Å². The molecule has 6 N–H and O–H groups in total. The molecule has 0 bridgehead atoms. The highest BCUT2D eigenvalue weighted by Crippen LogP contribution is 2.23. The quantitative estimate of drug-likeness (QED) is 0.0275. The van der Waals surface area contributed by atoms with Crippen molar-refractivity contribution in [2.45, 2.75) is 243 Å². The maximum atomic E-state index is 12.9. The Hall–Kier alpha value is -1.07. The Bertz CT molecular complexity index is 855. The first-order valence-corrected chi connectivity index (χ1v) is 22.3. The summed E-state index contributed by atoms with van der Waals surface area (Å²) in [5.41, 5.74) is 0. The normalized spacial score (nSPS) is 21.8. The number of rotatable bonds is 36. The van der Waals surface area contributed by atoms with Gasteiger partial charge in [0.05, 0.1) is 25.4 Å². The number of aliphatic hydroxyl groups is 5. The predicted molar refractivity (Wildman–Crippen MR) is 217 cm³/mol. The summed E-state index contributed by atoms with van der Waals surface area (Å²) in [6.07, 6.45) is 29.8. The van der Waals surface area contributed by atoms with Crippen molar-refractivity contribution in [2.24, 2.45) is 5.92 Å². The van der Waals surface area contributed by atoms with E-state index in [4.69, 9.17) is 9.47 Å². The second kappa shape index (κ2) is 34.2. The molecule has 7 atom stereocenters. The lowest BCUT2D eigenvalue weighted by atomic mass is 9.99. The van der Waals surface area contributed by atoms with Crippen LogP contribution < -0.4 is 5.32 Å². The number of allylic oxidation sites excluding steroid dienone is 1. The maximum absolute atomic E-state index is 12.9. The summed E-state index contributed by atoms with van der Waals surface area (Å²) in [6, 6.07) is -0.799. The molecule has 0 aromatic carbocycles. The lowest BCUT2D eigenvalue weighted by Gasteiger charge is -2.40. The number of hydrogen-bond donors (Lipinski definition) is 6. The van der Waals surface area contributed by atoms with E-state index in [2.05, 4.69) is 26.1 Å². The Kier molecular flexibility index (Phi) is 32.2. The van der Waals surface area contributed by atoms with Crippen molar-refractivity contribution in [3.05, 3.63) is 12.2 Å². The van der Waals surface area contributed by atoms with Gasteiger partial charge in [-0.2, -0.15) is 0 Å². The van der Waals surface area contributed by atoms with Gasteiger partial charge in [-0.1, -0.05) is 187 Å². The molecule has 1 fully saturated rings. The fourth-order valence-electron chi connectivity index (χ4n) is 7.16. The van der Waals surface area contributed by atoms with Crippen LogP contribution in [0, 0.1) is 5.92 Å². The van der Waals surface area contributed by atoms with Gasteiger partial charge in [0.1, 0.15) is 24.4 Å². The fourth-order valence-corrected chi connectivity index (χ4v) is 7.16. The van der Waals surface area contributed by atoms with E-state index < -0.39 is 49.5 Å². The minimum atomic E-state index is -1.56. The average molecular weight is 756 g/mol. The van der Waals surface area contributed by atoms with Gasteiger partial charge in [0.2, 0.25) is 5.91 Å². The molecule has 0 radical (unpaired) electrons. The van der Waals surface area contributed by atoms with Crippen molar-refractivity contribution in [3.63, 3.8) is 0 Å². The predicted octanol–water partition coefficient (Wildman–Crippen LogP) is 8.80. The first kappa shape index (κ1) is 49.9. The molecule has 1 heterocycles. The van der Waals surface area contributed by atoms with Crippen molar-refractivity contribution in [1.29, 1.82) is 0 Å². The first-order chi connectivity index (χ1) is 25.7. The zero-order valence-corrected chi connectivity index (χ0v) is 34.4. The van der Waals surface area contributed by atoms with Gasteiger partial charge in [-0.15, -0.1) is 0 Å². The smallest absolute Gasteiger partial charge is 0.220 e. The van der Waals surface area contributed by atoms with E-state index in [0.717, 1.165) is 44.4 Å². The zero-order chi connectivity index (χ0) is 38.9. The largest absolute Gasteiger partial charge is 0.394 e. The molecule has 1 aliphatic heterocycles. The van der Waals surface area contributed by atoms with Crippen LogP contribution in [0.25, 0.3) is 0 Å². The molecule has 314 valence electrons. The van der Waals surface area contributed by atoms with Crippen molar-refractivity contribution in [1.82, 2.24) is 5.32 Å². The standard InChI is InChI=1S/C44H85NO8/c1-4-5-6-7-8-9-10-11-12-13-14-15-16-17-21-24-27-30-33-40(48)45-37(35-52-44-43(51)42(50)41(49)39(34-46)53-44)38(47)32-29-26-23-20-18-19-22-25-28-31-36(2)3/h29,32,36-39,41-44,46-47,49-51H,4-28,30-31,33-35H2,1-3H3,(H,45,48)/b32-29+/t37-,38+,39+,41+,42-,43+,44+/m0/s1. The number of unbranched alkanes of at least 4 members (excludes halogenated alkanes) is 24. The van der Waals surface area contributed by atoms with Crippen molar-refractivity contribution in [3.8, 4) is 0 Å². The third-order valence-corrected chi connectivity index (χ3v) is 10.8. The average Bonchev–Trinajstić information content (AvgIpc) is 3.14. The van der Waals surface area contributed by atoms with E-state index in [0.29, 0.717) is 6.42 Å². The van der Waals surface area contributed by atoms with Crippen LogP contribution in [0.15, 0.2) is 12.2 Å². The Balaban J connectivity index is 2.34. The molecule has 9 nitrogen and oxygen atoms in total. The van der Waals surface area contributed by atoms with Crippen LogP contribution in [0.3, 0.4) is 0 Å². The van der Waals surface area contributed by atoms with E-state index in [1.54, 1.807) is 6.08 Å². The second-order valence-corrected chi connectivity index (χ2v) is 16.3. The third-order valence-electron chi connectivity index (χ3n) is 10.8. The van der Waals surface area contributed by atoms with Gasteiger partial charge >= 0.3 is 0 Å². The number of carbonyl (C=O) groups is 1. The highest BCUT2D eigenvalue weighted by Gasteiger charge is 2.44. The summed E-state index contributed by atoms with van der Waals surface area (Å²) in [7, 11) is 0. The number of carbonyl (C=O) groups excluding carboxylic acids is 1. The van der Waals surface area contributed by atoms with Crippen LogP contribution in [-0.4, -0.2) is 87.5 Å². The summed E-state index contributed by atoms with van der Waals surface area (Å²) in [6.45, 7) is 6.07. The number of ether oxygens (including phenoxy) is 2. The van der Waals surface area contributed by atoms with Crippen LogP contribution in [0.5, 0.6) is 0 Å². The minimum absolute atomic E-state index is 0.176. The van der Waals surface area contributed by atoms with Crippen molar-refractivity contribution in [2.75, 3.05) is 13.2 Å². The molecule has 9 heteroatoms. The second-order valence-electron chi connectivity index (χ2n) is 16.3. The Morgan fingerprint density at radius 2 is 1.15 bits per heavy atom. The van der Waals surface area contributed by atoms with Crippen molar-refractivity contribution >= 4 is 5.91 Å². The zero-order valence-electron chi connectivity index (χ0n) is 34.4. The molecule has 53 heavy (non-hydrogen) atoms. The number of amides is 1. The molecular weight excluding hydrogens is 670 g/mol. The number of nitrogens with one attached hydrogen (secondary N) is 1. The molecule has 0 unspecified atom stereocenters. The van der Waals surface area contributed by atoms with E-state index in [9.17, 15) is 30.3 Å². The summed E-state index contributed by atoms with van der Waals surface area (Å²) in [4.78, 5) is 12.9. The van der Waals surface area contributed by atoms with Gasteiger partial charge < -0.3 is 40.3 Å². The van der Waals surface area contributed by atoms with Gasteiger partial charge in [-0.25, -0.2) is 0 Å². The maximum Gasteiger partial charge on any atom is 0.220 e. The Labute approximate surface area is 325 Å². The van der Waals surface area contributed by atoms with E-state index in [1.165, 1.54) is 135 Å². The molecule has 0 aromatic rings. The summed E-state index contributed by atoms with van der Waals surface area (Å²) in [5, 5.41) is 54.1. The molecule has 1 amide bonds. The highest BCUT2D eigenvalue weighted by atomic mass is 16.7. The Morgan fingerprint density at radius 1 is 0.679 bits per heavy atom. The summed E-state index contributed by atoms with van der Waals surface area (Å²) < 4.78 is 11.2. The highest BCUT2D eigenvalue weighted by molar-refractivity contribution is 5.76. The summed E-state index contributed by atoms with van der Waals surface area (Å²) in [5.74, 6) is 0.604. The molecule has 1 saturated heterocycles. The number of hydrogen-bond acceptors (Lipinski definition) is 8. The molecular formula is C44H85NO8. The van der Waals surface area contributed by atoms with E-state index >= 15 is 0 Å². The van der Waals surface area contributed by atoms with Crippen LogP contribution >= 0.6 is 0 Å². The van der Waals surface area contributed by atoms with E-state index in [-0.39, 0.29) is 12.5 Å². The van der Waals surface area contributed by atoms with Crippen LogP contribution in [0.4, 0.5) is 0 Å². The topological polar surface area (TPSA) is 149 Å². The van der Waals surface area contributed by atoms with E-state index in [1.807, 2.05) is 6.08 Å². The van der Waals surface area contributed by atoms with Crippen molar-refractivity contribution < 1.29 is 39.8 Å². The fraction of sp³-hybridized carbons (Fsp3) is 0.932. The summed E-state index contributed by atoms with van der Waals surface area (Å²) >= 11 is 0. The number of aliphatic hydroxyl groups excluding tert-OH is 5. The lowest BCUT2D eigenvalue weighted by molar-refractivity contribution is -0.302. The third kappa shape index (κ3) is 26.4. The molecule has 0 saturated carbocycles. The molecule has 1 rings (SSSR count). The van der Waals surface area contributed by atoms with Gasteiger partial charge in [0.15, 0.2) is 6.29 Å². The molecule has 0 spiro atoms.